The summed E-state index contributed by atoms with van der Waals surface area (Å²) >= 11 is 0. The fourth-order valence-corrected chi connectivity index (χ4v) is 2.67. The van der Waals surface area contributed by atoms with E-state index in [0.29, 0.717) is 5.75 Å². The topological polar surface area (TPSA) is 24.5 Å². The molecule has 1 N–H and O–H groups in total. The lowest BCUT2D eigenvalue weighted by molar-refractivity contribution is 0.166. The van der Waals surface area contributed by atoms with E-state index in [4.69, 9.17) is 4.74 Å². The monoisotopic (exact) mass is 252 g/mol. The summed E-state index contributed by atoms with van der Waals surface area (Å²) in [5.74, 6) is 0.117. The van der Waals surface area contributed by atoms with Gasteiger partial charge in [-0.2, -0.15) is 0 Å². The van der Waals surface area contributed by atoms with E-state index in [1.54, 1.807) is 6.07 Å². The maximum Gasteiger partial charge on any atom is 0.165 e. The lowest BCUT2D eigenvalue weighted by Gasteiger charge is -2.35. The van der Waals surface area contributed by atoms with Crippen molar-refractivity contribution >= 4 is 0 Å². The Labute approximate surface area is 108 Å². The molecule has 1 fully saturated rings. The van der Waals surface area contributed by atoms with Crippen LogP contribution < -0.4 is 10.1 Å². The first-order valence-electron chi connectivity index (χ1n) is 6.55. The lowest BCUT2D eigenvalue weighted by Crippen LogP contribution is -2.45. The highest BCUT2D eigenvalue weighted by atomic mass is 19.1. The molecule has 0 saturated carbocycles. The van der Waals surface area contributed by atoms with Gasteiger partial charge in [0.15, 0.2) is 11.6 Å². The van der Waals surface area contributed by atoms with Crippen LogP contribution in [0.2, 0.25) is 0 Å². The predicted molar refractivity (Wildman–Crippen MR) is 70.4 cm³/mol. The Morgan fingerprint density at radius 2 is 2.11 bits per heavy atom. The van der Waals surface area contributed by atoms with Crippen LogP contribution >= 0.6 is 0 Å². The van der Waals surface area contributed by atoms with Gasteiger partial charge in [0.25, 0.3) is 0 Å². The highest BCUT2D eigenvalue weighted by Crippen LogP contribution is 2.33. The summed E-state index contributed by atoms with van der Waals surface area (Å²) in [4.78, 5) is 2.40. The van der Waals surface area contributed by atoms with Crippen LogP contribution in [0.4, 0.5) is 4.39 Å². The molecule has 1 aliphatic rings. The molecular weight excluding hydrogens is 231 g/mol. The molecule has 0 bridgehead atoms. The largest absolute Gasteiger partial charge is 0.493 e. The van der Waals surface area contributed by atoms with Gasteiger partial charge in [0.05, 0.1) is 7.11 Å². The van der Waals surface area contributed by atoms with E-state index in [1.807, 2.05) is 6.07 Å². The maximum atomic E-state index is 13.8. The lowest BCUT2D eigenvalue weighted by atomic mass is 10.0. The van der Waals surface area contributed by atoms with Gasteiger partial charge in [-0.15, -0.1) is 0 Å². The minimum absolute atomic E-state index is 0.234. The molecule has 0 aromatic heterocycles. The summed E-state index contributed by atoms with van der Waals surface area (Å²) in [7, 11) is 1.53. The molecule has 3 nitrogen and oxygen atoms in total. The number of nitrogens with one attached hydrogen (secondary N) is 1. The fraction of sp³-hybridized carbons (Fsp3) is 0.571. The van der Waals surface area contributed by atoms with Gasteiger partial charge in [-0.3, -0.25) is 4.90 Å². The van der Waals surface area contributed by atoms with Crippen LogP contribution in [0.25, 0.3) is 0 Å². The van der Waals surface area contributed by atoms with Crippen LogP contribution in [-0.2, 0) is 0 Å². The number of piperazine rings is 1. The highest BCUT2D eigenvalue weighted by molar-refractivity contribution is 5.37. The first kappa shape index (κ1) is 13.3. The number of nitrogens with zero attached hydrogens (tertiary/aromatic N) is 1. The Morgan fingerprint density at radius 3 is 2.72 bits per heavy atom. The van der Waals surface area contributed by atoms with Gasteiger partial charge in [0.1, 0.15) is 0 Å². The van der Waals surface area contributed by atoms with Gasteiger partial charge >= 0.3 is 0 Å². The summed E-state index contributed by atoms with van der Waals surface area (Å²) < 4.78 is 19.0. The van der Waals surface area contributed by atoms with Crippen LogP contribution in [-0.4, -0.2) is 38.2 Å². The van der Waals surface area contributed by atoms with E-state index in [9.17, 15) is 4.39 Å². The smallest absolute Gasteiger partial charge is 0.165 e. The molecule has 100 valence electrons. The number of halogens is 1. The molecule has 1 aliphatic heterocycles. The number of para-hydroxylation sites is 1. The summed E-state index contributed by atoms with van der Waals surface area (Å²) in [5.41, 5.74) is 0.960. The van der Waals surface area contributed by atoms with E-state index >= 15 is 0 Å². The molecule has 2 rings (SSSR count). The first-order valence-corrected chi connectivity index (χ1v) is 6.55. The van der Waals surface area contributed by atoms with E-state index in [2.05, 4.69) is 17.1 Å². The zero-order chi connectivity index (χ0) is 13.0. The van der Waals surface area contributed by atoms with Gasteiger partial charge in [-0.05, 0) is 12.5 Å². The van der Waals surface area contributed by atoms with Crippen molar-refractivity contribution in [2.24, 2.45) is 0 Å². The fourth-order valence-electron chi connectivity index (χ4n) is 2.67. The minimum Gasteiger partial charge on any atom is -0.493 e. The second kappa shape index (κ2) is 6.16. The Bertz CT molecular complexity index is 391. The maximum absolute atomic E-state index is 13.8. The Balaban J connectivity index is 2.28. The number of benzene rings is 1. The molecule has 0 spiro atoms. The predicted octanol–water partition coefficient (Wildman–Crippen LogP) is 2.19. The molecule has 1 saturated heterocycles. The Morgan fingerprint density at radius 1 is 1.39 bits per heavy atom. The van der Waals surface area contributed by atoms with Crippen molar-refractivity contribution in [3.05, 3.63) is 29.6 Å². The average Bonchev–Trinajstić information content (AvgIpc) is 2.41. The zero-order valence-corrected chi connectivity index (χ0v) is 11.1. The standard InChI is InChI=1S/C14H21FN2O/c1-3-13(17-9-7-16-8-10-17)11-5-4-6-12(15)14(11)18-2/h4-6,13,16H,3,7-10H2,1-2H3/t13-/m1/s1. The molecular formula is C14H21FN2O. The SMILES string of the molecule is CC[C@H](c1cccc(F)c1OC)N1CCNCC1. The summed E-state index contributed by atoms with van der Waals surface area (Å²) in [5, 5.41) is 3.34. The van der Waals surface area contributed by atoms with Crippen LogP contribution in [0, 0.1) is 5.82 Å². The number of ether oxygens (including phenoxy) is 1. The number of hydrogen-bond donors (Lipinski definition) is 1. The molecule has 0 radical (unpaired) electrons. The molecule has 1 heterocycles. The van der Waals surface area contributed by atoms with E-state index in [1.165, 1.54) is 13.2 Å². The van der Waals surface area contributed by atoms with Gasteiger partial charge in [-0.25, -0.2) is 4.39 Å². The van der Waals surface area contributed by atoms with Crippen LogP contribution in [0.1, 0.15) is 24.9 Å². The molecule has 0 aliphatic carbocycles. The Hall–Kier alpha value is -1.13. The van der Waals surface area contributed by atoms with E-state index < -0.39 is 0 Å². The third kappa shape index (κ3) is 2.65. The normalized spacial score (nSPS) is 18.6. The van der Waals surface area contributed by atoms with Gasteiger partial charge in [0.2, 0.25) is 0 Å². The van der Waals surface area contributed by atoms with Crippen molar-refractivity contribution in [2.75, 3.05) is 33.3 Å². The highest BCUT2D eigenvalue weighted by Gasteiger charge is 2.24. The van der Waals surface area contributed by atoms with Crippen molar-refractivity contribution in [3.8, 4) is 5.75 Å². The molecule has 0 amide bonds. The number of methoxy groups -OCH3 is 1. The van der Waals surface area contributed by atoms with Gasteiger partial charge in [-0.1, -0.05) is 19.1 Å². The number of rotatable bonds is 4. The third-order valence-corrected chi connectivity index (χ3v) is 3.54. The quantitative estimate of drug-likeness (QED) is 0.889. The third-order valence-electron chi connectivity index (χ3n) is 3.54. The summed E-state index contributed by atoms with van der Waals surface area (Å²) in [6.07, 6.45) is 0.958. The molecule has 1 aromatic rings. The van der Waals surface area contributed by atoms with Crippen molar-refractivity contribution in [2.45, 2.75) is 19.4 Å². The zero-order valence-electron chi connectivity index (χ0n) is 11.1. The summed E-state index contributed by atoms with van der Waals surface area (Å²) in [6.45, 7) is 6.12. The Kier molecular flexibility index (Phi) is 4.55. The van der Waals surface area contributed by atoms with Crippen molar-refractivity contribution in [1.29, 1.82) is 0 Å². The van der Waals surface area contributed by atoms with Crippen molar-refractivity contribution < 1.29 is 9.13 Å². The van der Waals surface area contributed by atoms with Crippen LogP contribution in [0.5, 0.6) is 5.75 Å². The minimum atomic E-state index is -0.274. The average molecular weight is 252 g/mol. The van der Waals surface area contributed by atoms with Gasteiger partial charge < -0.3 is 10.1 Å². The van der Waals surface area contributed by atoms with Gasteiger partial charge in [0, 0.05) is 37.8 Å². The molecule has 0 unspecified atom stereocenters. The first-order chi connectivity index (χ1) is 8.77. The second-order valence-electron chi connectivity index (χ2n) is 4.57. The molecule has 1 aromatic carbocycles. The van der Waals surface area contributed by atoms with E-state index in [-0.39, 0.29) is 11.9 Å². The number of hydrogen-bond acceptors (Lipinski definition) is 3. The van der Waals surface area contributed by atoms with Crippen LogP contribution in [0.3, 0.4) is 0 Å². The molecule has 1 atom stereocenters. The van der Waals surface area contributed by atoms with E-state index in [0.717, 1.165) is 38.2 Å². The summed E-state index contributed by atoms with van der Waals surface area (Å²) in [6, 6.07) is 5.42. The van der Waals surface area contributed by atoms with Crippen molar-refractivity contribution in [1.82, 2.24) is 10.2 Å². The second-order valence-corrected chi connectivity index (χ2v) is 4.57. The van der Waals surface area contributed by atoms with Crippen molar-refractivity contribution in [3.63, 3.8) is 0 Å². The van der Waals surface area contributed by atoms with Crippen LogP contribution in [0.15, 0.2) is 18.2 Å². The molecule has 4 heteroatoms. The molecule has 18 heavy (non-hydrogen) atoms.